The molecule has 224 valence electrons. The van der Waals surface area contributed by atoms with Gasteiger partial charge in [0.15, 0.2) is 11.6 Å². The lowest BCUT2D eigenvalue weighted by Crippen LogP contribution is -2.13. The number of carbonyl (C=O) groups excluding carboxylic acids is 3. The smallest absolute Gasteiger partial charge is 0.338 e. The van der Waals surface area contributed by atoms with Crippen molar-refractivity contribution >= 4 is 17.9 Å². The minimum Gasteiger partial charge on any atom is -0.490 e. The number of benzene rings is 3. The number of hydrogen-bond donors (Lipinski definition) is 0. The molecule has 0 unspecified atom stereocenters. The highest BCUT2D eigenvalue weighted by Gasteiger charge is 2.13. The summed E-state index contributed by atoms with van der Waals surface area (Å²) in [5.74, 6) is -1.65. The van der Waals surface area contributed by atoms with Gasteiger partial charge in [0, 0.05) is 22.8 Å². The molecule has 0 aliphatic heterocycles. The molecule has 0 bridgehead atoms. The van der Waals surface area contributed by atoms with Crippen LogP contribution in [0.1, 0.15) is 20.8 Å². The van der Waals surface area contributed by atoms with Crippen LogP contribution in [0.15, 0.2) is 97.1 Å². The molecule has 0 aliphatic carbocycles. The third-order valence-electron chi connectivity index (χ3n) is 5.78. The number of hydrogen-bond acceptors (Lipinski definition) is 8. The monoisotopic (exact) mass is 588 g/mol. The molecule has 0 atom stereocenters. The molecule has 3 rings (SSSR count). The third-order valence-corrected chi connectivity index (χ3v) is 5.78. The van der Waals surface area contributed by atoms with Crippen molar-refractivity contribution in [1.82, 2.24) is 0 Å². The number of carbonyl (C=O) groups is 3. The largest absolute Gasteiger partial charge is 0.490 e. The van der Waals surface area contributed by atoms with Gasteiger partial charge in [-0.1, -0.05) is 50.1 Å². The van der Waals surface area contributed by atoms with Crippen molar-refractivity contribution in [2.45, 2.75) is 20.8 Å². The summed E-state index contributed by atoms with van der Waals surface area (Å²) in [6.45, 7) is 15.4. The van der Waals surface area contributed by atoms with Gasteiger partial charge in [0.2, 0.25) is 0 Å². The van der Waals surface area contributed by atoms with Crippen molar-refractivity contribution in [2.24, 2.45) is 0 Å². The fourth-order valence-corrected chi connectivity index (χ4v) is 3.54. The highest BCUT2D eigenvalue weighted by atomic mass is 19.1. The van der Waals surface area contributed by atoms with E-state index in [1.807, 2.05) is 24.3 Å². The molecule has 0 N–H and O–H groups in total. The summed E-state index contributed by atoms with van der Waals surface area (Å²) in [6.07, 6.45) is 0. The second-order valence-corrected chi connectivity index (χ2v) is 9.61. The van der Waals surface area contributed by atoms with Gasteiger partial charge in [0.25, 0.3) is 0 Å². The predicted octanol–water partition coefficient (Wildman–Crippen LogP) is 6.64. The Labute approximate surface area is 250 Å². The van der Waals surface area contributed by atoms with Gasteiger partial charge in [0.1, 0.15) is 37.9 Å². The van der Waals surface area contributed by atoms with E-state index in [1.54, 1.807) is 38.1 Å². The summed E-state index contributed by atoms with van der Waals surface area (Å²) in [6, 6.07) is 17.0. The van der Waals surface area contributed by atoms with Crippen molar-refractivity contribution in [1.29, 1.82) is 0 Å². The molecule has 3 aromatic carbocycles. The minimum atomic E-state index is -0.702. The van der Waals surface area contributed by atoms with E-state index in [9.17, 15) is 18.8 Å². The minimum absolute atomic E-state index is 0.0272. The third kappa shape index (κ3) is 9.71. The average Bonchev–Trinajstić information content (AvgIpc) is 2.98. The lowest BCUT2D eigenvalue weighted by atomic mass is 10.00. The highest BCUT2D eigenvalue weighted by molar-refractivity contribution is 5.89. The van der Waals surface area contributed by atoms with Gasteiger partial charge in [0.05, 0.1) is 0 Å². The second-order valence-electron chi connectivity index (χ2n) is 9.61. The first-order chi connectivity index (χ1) is 20.4. The van der Waals surface area contributed by atoms with Crippen LogP contribution in [0.2, 0.25) is 0 Å². The van der Waals surface area contributed by atoms with Crippen LogP contribution < -0.4 is 14.2 Å². The first-order valence-electron chi connectivity index (χ1n) is 13.3. The van der Waals surface area contributed by atoms with Crippen molar-refractivity contribution in [3.8, 4) is 39.5 Å². The lowest BCUT2D eigenvalue weighted by molar-refractivity contribution is -0.140. The Balaban J connectivity index is 1.78. The summed E-state index contributed by atoms with van der Waals surface area (Å²) in [5, 5.41) is 0. The first kappa shape index (κ1) is 32.3. The quantitative estimate of drug-likeness (QED) is 0.0895. The van der Waals surface area contributed by atoms with E-state index in [2.05, 4.69) is 19.7 Å². The average molecular weight is 589 g/mol. The van der Waals surface area contributed by atoms with Gasteiger partial charge in [-0.3, -0.25) is 0 Å². The molecule has 0 amide bonds. The predicted molar refractivity (Wildman–Crippen MR) is 160 cm³/mol. The standard InChI is InChI=1S/C34H33FO8/c1-21(2)32(36)41-15-13-39-28-17-27(18-29(20-28)40-14-16-42-33(37)22(3)4)25-9-7-24(8-10-25)26-11-12-31(30(35)19-26)43-34(38)23(5)6/h7-12,17-20H,1,3,5,13-16H2,2,4,6H3. The van der Waals surface area contributed by atoms with Crippen LogP contribution in [0.4, 0.5) is 4.39 Å². The molecule has 0 fully saturated rings. The Kier molecular flexibility index (Phi) is 11.4. The van der Waals surface area contributed by atoms with E-state index in [0.29, 0.717) is 28.2 Å². The molecule has 0 aromatic heterocycles. The molecular formula is C34H33FO8. The number of halogens is 1. The summed E-state index contributed by atoms with van der Waals surface area (Å²) >= 11 is 0. The Morgan fingerprint density at radius 1 is 0.581 bits per heavy atom. The van der Waals surface area contributed by atoms with Gasteiger partial charge in [-0.05, 0) is 67.3 Å². The Bertz CT molecular complexity index is 1490. The molecule has 43 heavy (non-hydrogen) atoms. The SMILES string of the molecule is C=C(C)C(=O)OCCOc1cc(OCCOC(=O)C(=C)C)cc(-c2ccc(-c3ccc(OC(=O)C(=C)C)c(F)c3)cc2)c1. The number of esters is 3. The Hall–Kier alpha value is -5.18. The van der Waals surface area contributed by atoms with Crippen LogP contribution in [0.3, 0.4) is 0 Å². The van der Waals surface area contributed by atoms with Gasteiger partial charge in [-0.2, -0.15) is 0 Å². The van der Waals surface area contributed by atoms with Crippen LogP contribution in [-0.2, 0) is 23.9 Å². The Morgan fingerprint density at radius 3 is 1.47 bits per heavy atom. The topological polar surface area (TPSA) is 97.4 Å². The zero-order valence-corrected chi connectivity index (χ0v) is 24.4. The Morgan fingerprint density at radius 2 is 1.02 bits per heavy atom. The van der Waals surface area contributed by atoms with Crippen LogP contribution in [0.25, 0.3) is 22.3 Å². The fourth-order valence-electron chi connectivity index (χ4n) is 3.54. The molecule has 0 spiro atoms. The van der Waals surface area contributed by atoms with Crippen LogP contribution in [0.5, 0.6) is 17.2 Å². The van der Waals surface area contributed by atoms with E-state index in [0.717, 1.165) is 16.7 Å². The normalized spacial score (nSPS) is 10.3. The molecule has 0 saturated carbocycles. The maximum Gasteiger partial charge on any atom is 0.338 e. The second kappa shape index (κ2) is 15.2. The van der Waals surface area contributed by atoms with Gasteiger partial charge in [-0.15, -0.1) is 0 Å². The number of rotatable bonds is 14. The van der Waals surface area contributed by atoms with Crippen LogP contribution in [-0.4, -0.2) is 44.3 Å². The van der Waals surface area contributed by atoms with Crippen molar-refractivity contribution < 1.29 is 42.5 Å². The summed E-state index contributed by atoms with van der Waals surface area (Å²) in [5.41, 5.74) is 3.65. The molecule has 0 aliphatic rings. The van der Waals surface area contributed by atoms with Crippen molar-refractivity contribution in [2.75, 3.05) is 26.4 Å². The van der Waals surface area contributed by atoms with Gasteiger partial charge < -0.3 is 23.7 Å². The van der Waals surface area contributed by atoms with Gasteiger partial charge >= 0.3 is 17.9 Å². The number of ether oxygens (including phenoxy) is 5. The molecule has 0 saturated heterocycles. The molecule has 0 radical (unpaired) electrons. The maximum absolute atomic E-state index is 14.6. The zero-order valence-electron chi connectivity index (χ0n) is 24.4. The molecule has 8 nitrogen and oxygen atoms in total. The first-order valence-corrected chi connectivity index (χ1v) is 13.3. The molecular weight excluding hydrogens is 555 g/mol. The molecule has 0 heterocycles. The van der Waals surface area contributed by atoms with E-state index in [4.69, 9.17) is 23.7 Å². The van der Waals surface area contributed by atoms with E-state index < -0.39 is 23.7 Å². The molecule has 3 aromatic rings. The van der Waals surface area contributed by atoms with E-state index >= 15 is 0 Å². The summed E-state index contributed by atoms with van der Waals surface area (Å²) in [7, 11) is 0. The summed E-state index contributed by atoms with van der Waals surface area (Å²) < 4.78 is 41.4. The van der Waals surface area contributed by atoms with Gasteiger partial charge in [-0.25, -0.2) is 18.8 Å². The van der Waals surface area contributed by atoms with Crippen molar-refractivity contribution in [3.05, 3.63) is 103 Å². The zero-order chi connectivity index (χ0) is 31.5. The fraction of sp³-hybridized carbons (Fsp3) is 0.206. The van der Waals surface area contributed by atoms with Crippen LogP contribution in [0, 0.1) is 5.82 Å². The molecule has 9 heteroatoms. The van der Waals surface area contributed by atoms with Crippen LogP contribution >= 0.6 is 0 Å². The van der Waals surface area contributed by atoms with E-state index in [-0.39, 0.29) is 37.8 Å². The maximum atomic E-state index is 14.6. The summed E-state index contributed by atoms with van der Waals surface area (Å²) in [4.78, 5) is 35.0. The highest BCUT2D eigenvalue weighted by Crippen LogP contribution is 2.32. The van der Waals surface area contributed by atoms with Crippen molar-refractivity contribution in [3.63, 3.8) is 0 Å². The lowest BCUT2D eigenvalue weighted by Gasteiger charge is -2.14. The van der Waals surface area contributed by atoms with E-state index in [1.165, 1.54) is 19.1 Å².